The quantitative estimate of drug-likeness (QED) is 0.823. The fourth-order valence-corrected chi connectivity index (χ4v) is 4.24. The number of hydrogen-bond donors (Lipinski definition) is 1. The second-order valence-electron chi connectivity index (χ2n) is 3.00. The van der Waals surface area contributed by atoms with Gasteiger partial charge < -0.3 is 0 Å². The maximum atomic E-state index is 5.92. The van der Waals surface area contributed by atoms with Crippen LogP contribution in [0.5, 0.6) is 0 Å². The van der Waals surface area contributed by atoms with Crippen LogP contribution in [0.2, 0.25) is 4.44 Å². The molecule has 70 valence electrons. The van der Waals surface area contributed by atoms with Crippen molar-refractivity contribution in [3.8, 4) is 0 Å². The summed E-state index contributed by atoms with van der Waals surface area (Å²) in [5.74, 6) is 0.621. The Balaban J connectivity index is 2.64. The van der Waals surface area contributed by atoms with E-state index in [1.165, 1.54) is 10.0 Å². The third kappa shape index (κ3) is 3.88. The average molecular weight is 302 g/mol. The zero-order chi connectivity index (χ0) is 9.52. The molecule has 1 aromatic rings. The molecule has 0 saturated carbocycles. The molecule has 1 atom stereocenters. The number of nitrogens with one attached hydrogen (secondary N) is 1. The average Bonchev–Trinajstić information content (AvgIpc) is 2.19. The standard InChI is InChI=1S/C10H14N.ClH.Sn/c1-9(8-11-2)10-6-4-3-5-7-10;;/h3-7,9,11H,1,8H2,2H3;1H;/q;;+1/p-1. The molecular formula is C10H14ClNSn. The Labute approximate surface area is 93.8 Å². The zero-order valence-electron chi connectivity index (χ0n) is 7.76. The summed E-state index contributed by atoms with van der Waals surface area (Å²) in [6, 6.07) is 10.6. The minimum atomic E-state index is -0.609. The van der Waals surface area contributed by atoms with Gasteiger partial charge in [-0.2, -0.15) is 0 Å². The molecule has 13 heavy (non-hydrogen) atoms. The van der Waals surface area contributed by atoms with E-state index in [-0.39, 0.29) is 0 Å². The van der Waals surface area contributed by atoms with Crippen LogP contribution >= 0.6 is 8.92 Å². The second kappa shape index (κ2) is 6.68. The Kier molecular flexibility index (Phi) is 5.83. The van der Waals surface area contributed by atoms with Gasteiger partial charge in [0.2, 0.25) is 0 Å². The van der Waals surface area contributed by atoms with Crippen molar-refractivity contribution in [2.75, 3.05) is 13.6 Å². The van der Waals surface area contributed by atoms with E-state index in [0.29, 0.717) is 5.92 Å². The van der Waals surface area contributed by atoms with Crippen LogP contribution < -0.4 is 5.32 Å². The molecule has 0 bridgehead atoms. The zero-order valence-corrected chi connectivity index (χ0v) is 11.4. The number of rotatable bonds is 5. The fourth-order valence-electron chi connectivity index (χ4n) is 1.37. The first-order valence-electron chi connectivity index (χ1n) is 4.41. The van der Waals surface area contributed by atoms with Crippen LogP contribution in [-0.4, -0.2) is 33.6 Å². The summed E-state index contributed by atoms with van der Waals surface area (Å²) >= 11 is -0.609. The van der Waals surface area contributed by atoms with Gasteiger partial charge in [0, 0.05) is 0 Å². The molecule has 0 amide bonds. The summed E-state index contributed by atoms with van der Waals surface area (Å²) in [6.07, 6.45) is 0. The SMILES string of the molecule is CNCC([CH2][Sn][Cl])c1ccccc1. The number of halogens is 1. The van der Waals surface area contributed by atoms with E-state index in [1.54, 1.807) is 0 Å². The van der Waals surface area contributed by atoms with Gasteiger partial charge in [-0.1, -0.05) is 0 Å². The van der Waals surface area contributed by atoms with Gasteiger partial charge in [0.15, 0.2) is 0 Å². The van der Waals surface area contributed by atoms with Crippen LogP contribution in [0.1, 0.15) is 11.5 Å². The molecule has 0 spiro atoms. The molecule has 1 N–H and O–H groups in total. The van der Waals surface area contributed by atoms with E-state index in [4.69, 9.17) is 8.92 Å². The predicted molar refractivity (Wildman–Crippen MR) is 59.5 cm³/mol. The molecule has 1 rings (SSSR count). The van der Waals surface area contributed by atoms with Crippen molar-refractivity contribution in [1.29, 1.82) is 0 Å². The third-order valence-electron chi connectivity index (χ3n) is 2.05. The van der Waals surface area contributed by atoms with Crippen LogP contribution in [0.4, 0.5) is 0 Å². The van der Waals surface area contributed by atoms with Gasteiger partial charge in [-0.25, -0.2) is 0 Å². The predicted octanol–water partition coefficient (Wildman–Crippen LogP) is 2.27. The molecular weight excluding hydrogens is 288 g/mol. The van der Waals surface area contributed by atoms with Crippen molar-refractivity contribution >= 4 is 28.9 Å². The molecule has 3 heteroatoms. The van der Waals surface area contributed by atoms with E-state index < -0.39 is 20.0 Å². The number of benzene rings is 1. The van der Waals surface area contributed by atoms with Crippen molar-refractivity contribution in [3.63, 3.8) is 0 Å². The molecule has 0 heterocycles. The van der Waals surface area contributed by atoms with Crippen LogP contribution in [0.15, 0.2) is 30.3 Å². The second-order valence-corrected chi connectivity index (χ2v) is 6.72. The molecule has 1 aromatic carbocycles. The normalized spacial score (nSPS) is 12.8. The Hall–Kier alpha value is 0.269. The molecule has 0 aliphatic carbocycles. The molecule has 1 nitrogen and oxygen atoms in total. The molecule has 0 fully saturated rings. The van der Waals surface area contributed by atoms with Gasteiger partial charge in [-0.3, -0.25) is 0 Å². The Bertz CT molecular complexity index is 222. The maximum absolute atomic E-state index is 5.92. The van der Waals surface area contributed by atoms with Gasteiger partial charge in [0.25, 0.3) is 0 Å². The third-order valence-corrected chi connectivity index (χ3v) is 4.93. The molecule has 0 aliphatic heterocycles. The Morgan fingerprint density at radius 3 is 2.62 bits per heavy atom. The fraction of sp³-hybridized carbons (Fsp3) is 0.400. The van der Waals surface area contributed by atoms with Crippen LogP contribution in [0.3, 0.4) is 0 Å². The van der Waals surface area contributed by atoms with Gasteiger partial charge >= 0.3 is 94.1 Å². The van der Waals surface area contributed by atoms with E-state index in [2.05, 4.69) is 35.6 Å². The summed E-state index contributed by atoms with van der Waals surface area (Å²) in [6.45, 7) is 1.04. The Morgan fingerprint density at radius 1 is 1.38 bits per heavy atom. The topological polar surface area (TPSA) is 12.0 Å². The van der Waals surface area contributed by atoms with Crippen LogP contribution in [-0.2, 0) is 0 Å². The van der Waals surface area contributed by atoms with Crippen molar-refractivity contribution in [2.24, 2.45) is 0 Å². The van der Waals surface area contributed by atoms with Gasteiger partial charge in [0.1, 0.15) is 0 Å². The first-order chi connectivity index (χ1) is 6.38. The summed E-state index contributed by atoms with van der Waals surface area (Å²) < 4.78 is 1.20. The van der Waals surface area contributed by atoms with Gasteiger partial charge in [-0.15, -0.1) is 0 Å². The van der Waals surface area contributed by atoms with Crippen molar-refractivity contribution < 1.29 is 0 Å². The number of hydrogen-bond acceptors (Lipinski definition) is 1. The first-order valence-corrected chi connectivity index (χ1v) is 10.0. The van der Waals surface area contributed by atoms with E-state index in [0.717, 1.165) is 6.54 Å². The van der Waals surface area contributed by atoms with Crippen molar-refractivity contribution in [2.45, 2.75) is 10.4 Å². The van der Waals surface area contributed by atoms with E-state index in [9.17, 15) is 0 Å². The first kappa shape index (κ1) is 11.3. The molecule has 0 aliphatic rings. The van der Waals surface area contributed by atoms with E-state index in [1.807, 2.05) is 7.05 Å². The molecule has 2 radical (unpaired) electrons. The monoisotopic (exact) mass is 303 g/mol. The molecule has 0 aromatic heterocycles. The van der Waals surface area contributed by atoms with Crippen LogP contribution in [0.25, 0.3) is 0 Å². The van der Waals surface area contributed by atoms with Crippen molar-refractivity contribution in [3.05, 3.63) is 35.9 Å². The van der Waals surface area contributed by atoms with Crippen molar-refractivity contribution in [1.82, 2.24) is 5.32 Å². The molecule has 1 unspecified atom stereocenters. The summed E-state index contributed by atoms with van der Waals surface area (Å²) in [7, 11) is 7.92. The summed E-state index contributed by atoms with van der Waals surface area (Å²) in [4.78, 5) is 0. The summed E-state index contributed by atoms with van der Waals surface area (Å²) in [5.41, 5.74) is 1.42. The van der Waals surface area contributed by atoms with E-state index >= 15 is 0 Å². The Morgan fingerprint density at radius 2 is 2.08 bits per heavy atom. The van der Waals surface area contributed by atoms with Crippen LogP contribution in [0, 0.1) is 0 Å². The van der Waals surface area contributed by atoms with Gasteiger partial charge in [-0.05, 0) is 0 Å². The summed E-state index contributed by atoms with van der Waals surface area (Å²) in [5, 5.41) is 3.22. The minimum absolute atomic E-state index is 0.609. The van der Waals surface area contributed by atoms with Gasteiger partial charge in [0.05, 0.1) is 0 Å². The number of likely N-dealkylation sites (N-methyl/N-ethyl adjacent to an activating group) is 1. The molecule has 0 saturated heterocycles.